The highest BCUT2D eigenvalue weighted by Crippen LogP contribution is 2.39. The van der Waals surface area contributed by atoms with Gasteiger partial charge in [0.25, 0.3) is 10.2 Å². The Kier molecular flexibility index (Phi) is 5.71. The lowest BCUT2D eigenvalue weighted by Crippen LogP contribution is -2.53. The van der Waals surface area contributed by atoms with Crippen LogP contribution in [0.25, 0.3) is 0 Å². The molecule has 1 saturated heterocycles. The average Bonchev–Trinajstić information content (AvgIpc) is 3.14. The molecule has 2 rings (SSSR count). The molecule has 0 aromatic carbocycles. The zero-order chi connectivity index (χ0) is 18.3. The van der Waals surface area contributed by atoms with E-state index in [4.69, 9.17) is 21.5 Å². The van der Waals surface area contributed by atoms with Crippen LogP contribution in [0.15, 0.2) is 0 Å². The first-order valence-corrected chi connectivity index (χ1v) is 9.97. The van der Waals surface area contributed by atoms with Crippen LogP contribution in [-0.4, -0.2) is 71.5 Å². The Hall–Kier alpha value is -0.225. The van der Waals surface area contributed by atoms with Gasteiger partial charge in [0.1, 0.15) is 0 Å². The van der Waals surface area contributed by atoms with Gasteiger partial charge in [-0.25, -0.2) is 0 Å². The number of likely N-dealkylation sites (N-methyl/N-ethyl adjacent to an activating group) is 1. The van der Waals surface area contributed by atoms with Crippen LogP contribution in [0.1, 0.15) is 39.5 Å². The summed E-state index contributed by atoms with van der Waals surface area (Å²) in [4.78, 5) is 0. The first kappa shape index (κ1) is 20.1. The van der Waals surface area contributed by atoms with Gasteiger partial charge in [0.15, 0.2) is 0 Å². The van der Waals surface area contributed by atoms with Crippen molar-refractivity contribution in [1.29, 1.82) is 0 Å². The predicted molar refractivity (Wildman–Crippen MR) is 94.2 cm³/mol. The molecule has 2 aliphatic rings. The Morgan fingerprint density at radius 3 is 2.46 bits per heavy atom. The summed E-state index contributed by atoms with van der Waals surface area (Å²) in [6, 6.07) is -0.255. The third kappa shape index (κ3) is 4.12. The van der Waals surface area contributed by atoms with Crippen LogP contribution in [0.2, 0.25) is 6.32 Å². The fraction of sp³-hybridized carbons (Fsp3) is 1.00. The molecule has 1 saturated carbocycles. The molecule has 1 heterocycles. The minimum Gasteiger partial charge on any atom is -0.427 e. The summed E-state index contributed by atoms with van der Waals surface area (Å²) in [6.07, 6.45) is 3.22. The van der Waals surface area contributed by atoms with Crippen LogP contribution >= 0.6 is 0 Å². The highest BCUT2D eigenvalue weighted by Gasteiger charge is 2.51. The maximum Gasteiger partial charge on any atom is 0.451 e. The van der Waals surface area contributed by atoms with Gasteiger partial charge < -0.3 is 21.5 Å². The molecule has 0 aromatic heterocycles. The summed E-state index contributed by atoms with van der Waals surface area (Å²) in [5, 5.41) is 17.9. The van der Waals surface area contributed by atoms with Gasteiger partial charge in [-0.2, -0.15) is 17.0 Å². The molecule has 1 aliphatic carbocycles. The molecule has 2 fully saturated rings. The molecular formula is C14H31BN4O4S. The van der Waals surface area contributed by atoms with Crippen molar-refractivity contribution in [2.45, 2.75) is 63.0 Å². The normalized spacial score (nSPS) is 31.4. The smallest absolute Gasteiger partial charge is 0.427 e. The lowest BCUT2D eigenvalue weighted by Gasteiger charge is -2.32. The van der Waals surface area contributed by atoms with E-state index in [0.717, 1.165) is 12.8 Å². The van der Waals surface area contributed by atoms with Crippen molar-refractivity contribution >= 4 is 17.3 Å². The summed E-state index contributed by atoms with van der Waals surface area (Å²) < 4.78 is 28.7. The molecule has 0 spiro atoms. The first-order chi connectivity index (χ1) is 10.9. The zero-order valence-corrected chi connectivity index (χ0v) is 15.7. The van der Waals surface area contributed by atoms with E-state index < -0.39 is 28.4 Å². The van der Waals surface area contributed by atoms with Crippen molar-refractivity contribution in [1.82, 2.24) is 8.61 Å². The molecule has 6 N–H and O–H groups in total. The number of hydrogen-bond acceptors (Lipinski definition) is 6. The number of rotatable bonds is 8. The van der Waals surface area contributed by atoms with Crippen LogP contribution in [0.3, 0.4) is 0 Å². The molecule has 10 heteroatoms. The van der Waals surface area contributed by atoms with Crippen molar-refractivity contribution < 1.29 is 18.5 Å². The Labute approximate surface area is 145 Å². The largest absolute Gasteiger partial charge is 0.451 e. The van der Waals surface area contributed by atoms with E-state index in [2.05, 4.69) is 0 Å². The quantitative estimate of drug-likeness (QED) is 0.407. The Bertz CT molecular complexity index is 553. The van der Waals surface area contributed by atoms with Gasteiger partial charge in [0.2, 0.25) is 0 Å². The number of nitrogens with two attached hydrogens (primary N) is 2. The Morgan fingerprint density at radius 1 is 1.38 bits per heavy atom. The van der Waals surface area contributed by atoms with Crippen LogP contribution in [0.4, 0.5) is 0 Å². The van der Waals surface area contributed by atoms with Crippen LogP contribution in [0.5, 0.6) is 0 Å². The monoisotopic (exact) mass is 362 g/mol. The van der Waals surface area contributed by atoms with Gasteiger partial charge in [-0.1, -0.05) is 6.42 Å². The van der Waals surface area contributed by atoms with Crippen molar-refractivity contribution in [3.63, 3.8) is 0 Å². The molecule has 0 bridgehead atoms. The highest BCUT2D eigenvalue weighted by molar-refractivity contribution is 7.86. The summed E-state index contributed by atoms with van der Waals surface area (Å²) in [5.41, 5.74) is 11.5. The minimum atomic E-state index is -3.62. The highest BCUT2D eigenvalue weighted by atomic mass is 32.2. The maximum atomic E-state index is 12.9. The number of hydrogen-bond donors (Lipinski definition) is 4. The molecule has 1 unspecified atom stereocenters. The molecule has 3 atom stereocenters. The van der Waals surface area contributed by atoms with Gasteiger partial charge in [-0.3, -0.25) is 0 Å². The lowest BCUT2D eigenvalue weighted by atomic mass is 9.79. The van der Waals surface area contributed by atoms with E-state index in [0.29, 0.717) is 19.4 Å². The fourth-order valence-electron chi connectivity index (χ4n) is 3.48. The van der Waals surface area contributed by atoms with Gasteiger partial charge >= 0.3 is 7.12 Å². The summed E-state index contributed by atoms with van der Waals surface area (Å²) in [7, 11) is -3.37. The SMILES string of the molecule is CC(N(C)S(=O)(=O)N1C[C@H](CCCB(O)O)[C@@](C)(N)C1)C1(N)CC1. The molecular weight excluding hydrogens is 331 g/mol. The van der Waals surface area contributed by atoms with Crippen LogP contribution in [0, 0.1) is 5.92 Å². The first-order valence-electron chi connectivity index (χ1n) is 8.57. The summed E-state index contributed by atoms with van der Waals surface area (Å²) in [5.74, 6) is -0.0116. The molecule has 0 radical (unpaired) electrons. The second kappa shape index (κ2) is 6.83. The van der Waals surface area contributed by atoms with E-state index in [-0.39, 0.29) is 24.8 Å². The lowest BCUT2D eigenvalue weighted by molar-refractivity contribution is 0.298. The predicted octanol–water partition coefficient (Wildman–Crippen LogP) is -1.05. The molecule has 0 aromatic rings. The third-order valence-corrected chi connectivity index (χ3v) is 7.76. The summed E-state index contributed by atoms with van der Waals surface area (Å²) in [6.45, 7) is 4.32. The molecule has 8 nitrogen and oxygen atoms in total. The zero-order valence-electron chi connectivity index (χ0n) is 14.9. The minimum absolute atomic E-state index is 0.0116. The Morgan fingerprint density at radius 2 is 1.96 bits per heavy atom. The van der Waals surface area contributed by atoms with E-state index in [9.17, 15) is 8.42 Å². The standard InChI is InChI=1S/C14H31BN4O4S/c1-11(14(17)6-7-14)18(3)24(22,23)19-9-12(13(2,16)10-19)5-4-8-15(20)21/h11-12,20-21H,4-10,16-17H2,1-3H3/t11?,12-,13-/m0/s1. The van der Waals surface area contributed by atoms with Crippen LogP contribution < -0.4 is 11.5 Å². The Balaban J connectivity index is 2.03. The topological polar surface area (TPSA) is 133 Å². The van der Waals surface area contributed by atoms with E-state index >= 15 is 0 Å². The average molecular weight is 362 g/mol. The van der Waals surface area contributed by atoms with Gasteiger partial charge in [-0.15, -0.1) is 0 Å². The van der Waals surface area contributed by atoms with E-state index in [1.165, 1.54) is 8.61 Å². The molecule has 0 amide bonds. The van der Waals surface area contributed by atoms with Gasteiger partial charge in [-0.05, 0) is 45.3 Å². The van der Waals surface area contributed by atoms with E-state index in [1.54, 1.807) is 7.05 Å². The molecule has 24 heavy (non-hydrogen) atoms. The van der Waals surface area contributed by atoms with Crippen molar-refractivity contribution in [3.05, 3.63) is 0 Å². The maximum absolute atomic E-state index is 12.9. The van der Waals surface area contributed by atoms with Gasteiger partial charge in [0.05, 0.1) is 0 Å². The van der Waals surface area contributed by atoms with Gasteiger partial charge in [0, 0.05) is 37.3 Å². The second-order valence-electron chi connectivity index (χ2n) is 7.84. The van der Waals surface area contributed by atoms with Crippen LogP contribution in [-0.2, 0) is 10.2 Å². The summed E-state index contributed by atoms with van der Waals surface area (Å²) >= 11 is 0. The second-order valence-corrected chi connectivity index (χ2v) is 9.83. The fourth-order valence-corrected chi connectivity index (χ4v) is 5.26. The third-order valence-electron chi connectivity index (χ3n) is 5.78. The van der Waals surface area contributed by atoms with Crippen molar-refractivity contribution in [2.75, 3.05) is 20.1 Å². The van der Waals surface area contributed by atoms with E-state index in [1.807, 2.05) is 13.8 Å². The number of nitrogens with zero attached hydrogens (tertiary/aromatic N) is 2. The van der Waals surface area contributed by atoms with Crippen molar-refractivity contribution in [3.8, 4) is 0 Å². The molecule has 140 valence electrons. The van der Waals surface area contributed by atoms with Crippen molar-refractivity contribution in [2.24, 2.45) is 17.4 Å². The molecule has 1 aliphatic heterocycles.